The van der Waals surface area contributed by atoms with E-state index in [-0.39, 0.29) is 0 Å². The van der Waals surface area contributed by atoms with Gasteiger partial charge in [0.25, 0.3) is 0 Å². The maximum absolute atomic E-state index is 11.9. The van der Waals surface area contributed by atoms with Crippen LogP contribution in [0.2, 0.25) is 0 Å². The molecule has 0 saturated heterocycles. The Morgan fingerprint density at radius 3 is 1.95 bits per heavy atom. The van der Waals surface area contributed by atoms with Gasteiger partial charge >= 0.3 is 29.7 Å². The quantitative estimate of drug-likeness (QED) is 0.323. The zero-order chi connectivity index (χ0) is 17.3. The Morgan fingerprint density at radius 1 is 1.00 bits per heavy atom. The van der Waals surface area contributed by atoms with Crippen LogP contribution in [0.3, 0.4) is 0 Å². The van der Waals surface area contributed by atoms with Gasteiger partial charge in [0.05, 0.1) is 27.1 Å². The summed E-state index contributed by atoms with van der Waals surface area (Å²) in [5.41, 5.74) is 0. The highest BCUT2D eigenvalue weighted by Gasteiger charge is 2.56. The predicted molar refractivity (Wildman–Crippen MR) is 67.5 cm³/mol. The third kappa shape index (κ3) is 4.67. The summed E-state index contributed by atoms with van der Waals surface area (Å²) in [4.78, 5) is 45.8. The zero-order valence-corrected chi connectivity index (χ0v) is 12.6. The van der Waals surface area contributed by atoms with Gasteiger partial charge in [-0.3, -0.25) is 9.59 Å². The predicted octanol–water partition coefficient (Wildman–Crippen LogP) is -0.902. The molecular weight excluding hydrogens is 304 g/mol. The van der Waals surface area contributed by atoms with E-state index in [1.165, 1.54) is 0 Å². The molecule has 126 valence electrons. The summed E-state index contributed by atoms with van der Waals surface area (Å²) < 4.78 is 23.4. The van der Waals surface area contributed by atoms with E-state index in [0.29, 0.717) is 0 Å². The van der Waals surface area contributed by atoms with Crippen LogP contribution in [-0.4, -0.2) is 69.3 Å². The molecule has 2 atom stereocenters. The van der Waals surface area contributed by atoms with Crippen LogP contribution < -0.4 is 0 Å². The highest BCUT2D eigenvalue weighted by Crippen LogP contribution is 2.24. The van der Waals surface area contributed by atoms with E-state index in [9.17, 15) is 19.2 Å². The van der Waals surface area contributed by atoms with Gasteiger partial charge in [-0.1, -0.05) is 0 Å². The number of carboxylic acids is 1. The molecule has 22 heavy (non-hydrogen) atoms. The molecule has 0 radical (unpaired) electrons. The molecule has 0 aliphatic rings. The molecule has 0 rings (SSSR count). The first kappa shape index (κ1) is 19.8. The van der Waals surface area contributed by atoms with Crippen LogP contribution in [0.15, 0.2) is 0 Å². The second kappa shape index (κ2) is 8.95. The number of carbonyl (C=O) groups is 4. The Labute approximate surface area is 126 Å². The van der Waals surface area contributed by atoms with Gasteiger partial charge in [-0.25, -0.2) is 9.59 Å². The standard InChI is InChI=1S/C12H18O10/c1-18-9(10(16)19-2)12(21-4,11(17)20-3)22-8(15)6-5-7(13)14/h9H,5-6H2,1-4H3,(H,13,14). The maximum atomic E-state index is 11.9. The summed E-state index contributed by atoms with van der Waals surface area (Å²) in [6.07, 6.45) is -2.84. The third-order valence-electron chi connectivity index (χ3n) is 2.58. The molecule has 2 unspecified atom stereocenters. The number of hydrogen-bond acceptors (Lipinski definition) is 9. The van der Waals surface area contributed by atoms with Gasteiger partial charge < -0.3 is 28.8 Å². The summed E-state index contributed by atoms with van der Waals surface area (Å²) in [6.45, 7) is 0. The summed E-state index contributed by atoms with van der Waals surface area (Å²) in [6, 6.07) is 0. The van der Waals surface area contributed by atoms with Crippen LogP contribution in [0, 0.1) is 0 Å². The lowest BCUT2D eigenvalue weighted by molar-refractivity contribution is -0.266. The van der Waals surface area contributed by atoms with Gasteiger partial charge in [-0.15, -0.1) is 0 Å². The number of methoxy groups -OCH3 is 4. The van der Waals surface area contributed by atoms with Crippen molar-refractivity contribution in [3.63, 3.8) is 0 Å². The minimum atomic E-state index is -2.55. The Balaban J connectivity index is 5.49. The lowest BCUT2D eigenvalue weighted by Crippen LogP contribution is -2.59. The minimum Gasteiger partial charge on any atom is -0.481 e. The van der Waals surface area contributed by atoms with E-state index < -0.39 is 48.6 Å². The summed E-state index contributed by atoms with van der Waals surface area (Å²) >= 11 is 0. The van der Waals surface area contributed by atoms with Crippen molar-refractivity contribution in [3.05, 3.63) is 0 Å². The molecule has 0 bridgehead atoms. The average Bonchev–Trinajstić information content (AvgIpc) is 2.51. The van der Waals surface area contributed by atoms with Gasteiger partial charge in [0, 0.05) is 14.2 Å². The molecule has 0 fully saturated rings. The van der Waals surface area contributed by atoms with Crippen molar-refractivity contribution in [2.75, 3.05) is 28.4 Å². The summed E-state index contributed by atoms with van der Waals surface area (Å²) in [5, 5.41) is 8.53. The first-order valence-corrected chi connectivity index (χ1v) is 5.96. The maximum Gasteiger partial charge on any atom is 0.383 e. The molecule has 0 amide bonds. The number of esters is 3. The monoisotopic (exact) mass is 322 g/mol. The number of hydrogen-bond donors (Lipinski definition) is 1. The molecule has 0 aliphatic carbocycles. The number of aliphatic carboxylic acids is 1. The van der Waals surface area contributed by atoms with E-state index in [4.69, 9.17) is 19.3 Å². The molecule has 0 aromatic carbocycles. The van der Waals surface area contributed by atoms with Gasteiger partial charge in [-0.05, 0) is 0 Å². The van der Waals surface area contributed by atoms with Gasteiger partial charge in [0.15, 0.2) is 0 Å². The van der Waals surface area contributed by atoms with Crippen molar-refractivity contribution in [3.8, 4) is 0 Å². The number of rotatable bonds is 9. The second-order valence-corrected chi connectivity index (χ2v) is 3.87. The highest BCUT2D eigenvalue weighted by atomic mass is 16.8. The fourth-order valence-electron chi connectivity index (χ4n) is 1.52. The fourth-order valence-corrected chi connectivity index (χ4v) is 1.52. The highest BCUT2D eigenvalue weighted by molar-refractivity contribution is 5.90. The van der Waals surface area contributed by atoms with E-state index in [2.05, 4.69) is 9.47 Å². The molecule has 0 spiro atoms. The Hall–Kier alpha value is -2.20. The first-order valence-electron chi connectivity index (χ1n) is 5.96. The third-order valence-corrected chi connectivity index (χ3v) is 2.58. The summed E-state index contributed by atoms with van der Waals surface area (Å²) in [7, 11) is 4.04. The molecule has 0 heterocycles. The molecule has 0 aliphatic heterocycles. The van der Waals surface area contributed by atoms with E-state index in [1.807, 2.05) is 0 Å². The van der Waals surface area contributed by atoms with Crippen LogP contribution in [-0.2, 0) is 42.9 Å². The van der Waals surface area contributed by atoms with Crippen LogP contribution in [0.25, 0.3) is 0 Å². The lowest BCUT2D eigenvalue weighted by atomic mass is 10.1. The average molecular weight is 322 g/mol. The van der Waals surface area contributed by atoms with E-state index in [1.54, 1.807) is 0 Å². The molecule has 10 nitrogen and oxygen atoms in total. The topological polar surface area (TPSA) is 135 Å². The van der Waals surface area contributed by atoms with Crippen molar-refractivity contribution >= 4 is 23.9 Å². The normalized spacial score (nSPS) is 14.4. The Kier molecular flexibility index (Phi) is 8.05. The van der Waals surface area contributed by atoms with Gasteiger partial charge in [0.1, 0.15) is 0 Å². The van der Waals surface area contributed by atoms with Crippen molar-refractivity contribution in [1.82, 2.24) is 0 Å². The largest absolute Gasteiger partial charge is 0.481 e. The molecule has 1 N–H and O–H groups in total. The molecule has 0 aromatic heterocycles. The molecule has 10 heteroatoms. The van der Waals surface area contributed by atoms with Crippen molar-refractivity contribution in [2.45, 2.75) is 24.7 Å². The summed E-state index contributed by atoms with van der Waals surface area (Å²) in [5.74, 6) is -7.17. The van der Waals surface area contributed by atoms with Crippen LogP contribution in [0.5, 0.6) is 0 Å². The van der Waals surface area contributed by atoms with Crippen LogP contribution >= 0.6 is 0 Å². The molecule has 0 aromatic rings. The first-order chi connectivity index (χ1) is 10.3. The SMILES string of the molecule is COC(=O)C(OC)C(OC)(OC(=O)CCC(=O)O)C(=O)OC. The van der Waals surface area contributed by atoms with Crippen molar-refractivity contribution in [1.29, 1.82) is 0 Å². The van der Waals surface area contributed by atoms with E-state index >= 15 is 0 Å². The molecule has 0 saturated carbocycles. The molecular formula is C12H18O10. The van der Waals surface area contributed by atoms with Crippen LogP contribution in [0.1, 0.15) is 12.8 Å². The lowest BCUT2D eigenvalue weighted by Gasteiger charge is -2.33. The Bertz CT molecular complexity index is 432. The fraction of sp³-hybridized carbons (Fsp3) is 0.667. The Morgan fingerprint density at radius 2 is 1.59 bits per heavy atom. The number of carbonyl (C=O) groups excluding carboxylic acids is 3. The minimum absolute atomic E-state index is 0.532. The van der Waals surface area contributed by atoms with Crippen molar-refractivity contribution < 1.29 is 48.0 Å². The number of ether oxygens (including phenoxy) is 5. The van der Waals surface area contributed by atoms with Crippen molar-refractivity contribution in [2.24, 2.45) is 0 Å². The van der Waals surface area contributed by atoms with Crippen LogP contribution in [0.4, 0.5) is 0 Å². The smallest absolute Gasteiger partial charge is 0.383 e. The number of carboxylic acid groups (broad SMARTS) is 1. The van der Waals surface area contributed by atoms with Gasteiger partial charge in [-0.2, -0.15) is 0 Å². The zero-order valence-electron chi connectivity index (χ0n) is 12.6. The van der Waals surface area contributed by atoms with E-state index in [0.717, 1.165) is 28.4 Å². The van der Waals surface area contributed by atoms with Gasteiger partial charge in [0.2, 0.25) is 6.10 Å². The second-order valence-electron chi connectivity index (χ2n) is 3.87.